The summed E-state index contributed by atoms with van der Waals surface area (Å²) in [6, 6.07) is -0.405. The van der Waals surface area contributed by atoms with Crippen LogP contribution in [-0.2, 0) is 4.79 Å². The van der Waals surface area contributed by atoms with E-state index >= 15 is 0 Å². The van der Waals surface area contributed by atoms with Gasteiger partial charge in [0.15, 0.2) is 5.13 Å². The standard InChI is InChI=1S/C10H12BrN3O3S/c11-6-5-12-9(18-6)13-8(17)14-10(2-1-3-10)4-7(15)16/h5H,1-4H2,(H,15,16)(H2,12,13,14,17). The molecule has 0 unspecified atom stereocenters. The van der Waals surface area contributed by atoms with Gasteiger partial charge in [0.05, 0.1) is 21.9 Å². The number of aromatic nitrogens is 1. The Kier molecular flexibility index (Phi) is 3.86. The zero-order chi connectivity index (χ0) is 13.2. The number of urea groups is 1. The average Bonchev–Trinajstić information content (AvgIpc) is 2.59. The lowest BCUT2D eigenvalue weighted by Gasteiger charge is -2.41. The number of anilines is 1. The molecule has 0 spiro atoms. The van der Waals surface area contributed by atoms with E-state index in [0.29, 0.717) is 18.0 Å². The topological polar surface area (TPSA) is 91.3 Å². The summed E-state index contributed by atoms with van der Waals surface area (Å²) in [5.74, 6) is -0.896. The summed E-state index contributed by atoms with van der Waals surface area (Å²) in [4.78, 5) is 26.5. The highest BCUT2D eigenvalue weighted by Crippen LogP contribution is 2.35. The molecule has 0 saturated heterocycles. The number of hydrogen-bond acceptors (Lipinski definition) is 4. The van der Waals surface area contributed by atoms with Crippen LogP contribution in [0, 0.1) is 0 Å². The molecule has 8 heteroatoms. The highest BCUT2D eigenvalue weighted by Gasteiger charge is 2.40. The molecule has 3 N–H and O–H groups in total. The SMILES string of the molecule is O=C(O)CC1(NC(=O)Nc2ncc(Br)s2)CCC1. The van der Waals surface area contributed by atoms with Crippen molar-refractivity contribution in [2.75, 3.05) is 5.32 Å². The molecular formula is C10H12BrN3O3S. The van der Waals surface area contributed by atoms with Crippen molar-refractivity contribution in [1.29, 1.82) is 0 Å². The molecule has 1 heterocycles. The van der Waals surface area contributed by atoms with Gasteiger partial charge in [0.2, 0.25) is 0 Å². The number of nitrogens with zero attached hydrogens (tertiary/aromatic N) is 1. The molecular weight excluding hydrogens is 322 g/mol. The quantitative estimate of drug-likeness (QED) is 0.789. The molecule has 1 fully saturated rings. The van der Waals surface area contributed by atoms with Crippen molar-refractivity contribution >= 4 is 44.4 Å². The molecule has 1 aromatic rings. The number of carboxylic acids is 1. The van der Waals surface area contributed by atoms with Crippen molar-refractivity contribution in [2.24, 2.45) is 0 Å². The van der Waals surface area contributed by atoms with Crippen molar-refractivity contribution < 1.29 is 14.7 Å². The first-order valence-electron chi connectivity index (χ1n) is 5.41. The van der Waals surface area contributed by atoms with Crippen molar-refractivity contribution in [3.8, 4) is 0 Å². The number of amides is 2. The zero-order valence-electron chi connectivity index (χ0n) is 9.40. The van der Waals surface area contributed by atoms with Gasteiger partial charge < -0.3 is 10.4 Å². The smallest absolute Gasteiger partial charge is 0.321 e. The van der Waals surface area contributed by atoms with Gasteiger partial charge in [-0.15, -0.1) is 0 Å². The molecule has 6 nitrogen and oxygen atoms in total. The Morgan fingerprint density at radius 3 is 2.72 bits per heavy atom. The lowest BCUT2D eigenvalue weighted by Crippen LogP contribution is -2.55. The fraction of sp³-hybridized carbons (Fsp3) is 0.500. The van der Waals surface area contributed by atoms with E-state index < -0.39 is 17.5 Å². The Hall–Kier alpha value is -1.15. The summed E-state index contributed by atoms with van der Waals surface area (Å²) in [6.45, 7) is 0. The Labute approximate surface area is 116 Å². The number of thiazole rings is 1. The summed E-state index contributed by atoms with van der Waals surface area (Å²) >= 11 is 4.55. The number of carbonyl (C=O) groups is 2. The van der Waals surface area contributed by atoms with Crippen molar-refractivity contribution in [3.05, 3.63) is 9.98 Å². The summed E-state index contributed by atoms with van der Waals surface area (Å²) in [7, 11) is 0. The second-order valence-corrected chi connectivity index (χ2v) is 6.66. The Bertz CT molecular complexity index is 473. The first-order chi connectivity index (χ1) is 8.49. The van der Waals surface area contributed by atoms with Crippen LogP contribution >= 0.6 is 27.3 Å². The predicted molar refractivity (Wildman–Crippen MR) is 70.8 cm³/mol. The van der Waals surface area contributed by atoms with Crippen LogP contribution < -0.4 is 10.6 Å². The minimum atomic E-state index is -0.896. The molecule has 0 atom stereocenters. The number of rotatable bonds is 4. The largest absolute Gasteiger partial charge is 0.481 e. The van der Waals surface area contributed by atoms with Gasteiger partial charge >= 0.3 is 12.0 Å². The number of carboxylic acid groups (broad SMARTS) is 1. The molecule has 1 saturated carbocycles. The second-order valence-electron chi connectivity index (χ2n) is 4.25. The van der Waals surface area contributed by atoms with Gasteiger partial charge in [-0.25, -0.2) is 9.78 Å². The van der Waals surface area contributed by atoms with Crippen LogP contribution in [0.25, 0.3) is 0 Å². The third-order valence-electron chi connectivity index (χ3n) is 2.88. The van der Waals surface area contributed by atoms with E-state index in [1.54, 1.807) is 6.20 Å². The lowest BCUT2D eigenvalue weighted by molar-refractivity contribution is -0.139. The number of carbonyl (C=O) groups excluding carboxylic acids is 1. The second kappa shape index (κ2) is 5.23. The third-order valence-corrected chi connectivity index (χ3v) is 4.27. The molecule has 0 radical (unpaired) electrons. The number of aliphatic carboxylic acids is 1. The van der Waals surface area contributed by atoms with Crippen molar-refractivity contribution in [2.45, 2.75) is 31.2 Å². The Morgan fingerprint density at radius 1 is 1.56 bits per heavy atom. The van der Waals surface area contributed by atoms with Crippen LogP contribution in [0.5, 0.6) is 0 Å². The molecule has 98 valence electrons. The maximum atomic E-state index is 11.7. The minimum absolute atomic E-state index is 0.0397. The van der Waals surface area contributed by atoms with E-state index in [2.05, 4.69) is 31.5 Å². The molecule has 1 aliphatic carbocycles. The molecule has 1 aromatic heterocycles. The van der Waals surface area contributed by atoms with Gasteiger partial charge in [-0.3, -0.25) is 10.1 Å². The zero-order valence-corrected chi connectivity index (χ0v) is 11.8. The highest BCUT2D eigenvalue weighted by atomic mass is 79.9. The van der Waals surface area contributed by atoms with E-state index in [9.17, 15) is 9.59 Å². The molecule has 0 aromatic carbocycles. The number of halogens is 1. The van der Waals surface area contributed by atoms with E-state index in [0.717, 1.165) is 10.2 Å². The van der Waals surface area contributed by atoms with Crippen LogP contribution in [0.1, 0.15) is 25.7 Å². The molecule has 2 rings (SSSR count). The van der Waals surface area contributed by atoms with Gasteiger partial charge in [0.1, 0.15) is 0 Å². The predicted octanol–water partition coefficient (Wildman–Crippen LogP) is 2.42. The van der Waals surface area contributed by atoms with Crippen LogP contribution in [0.15, 0.2) is 9.98 Å². The van der Waals surface area contributed by atoms with Gasteiger partial charge in [0, 0.05) is 0 Å². The van der Waals surface area contributed by atoms with Gasteiger partial charge in [-0.05, 0) is 35.2 Å². The van der Waals surface area contributed by atoms with Crippen molar-refractivity contribution in [1.82, 2.24) is 10.3 Å². The average molecular weight is 334 g/mol. The van der Waals surface area contributed by atoms with Crippen LogP contribution in [0.3, 0.4) is 0 Å². The monoisotopic (exact) mass is 333 g/mol. The number of nitrogens with one attached hydrogen (secondary N) is 2. The fourth-order valence-electron chi connectivity index (χ4n) is 1.92. The van der Waals surface area contributed by atoms with E-state index in [1.165, 1.54) is 11.3 Å². The highest BCUT2D eigenvalue weighted by molar-refractivity contribution is 9.11. The molecule has 18 heavy (non-hydrogen) atoms. The Balaban J connectivity index is 1.91. The van der Waals surface area contributed by atoms with Crippen LogP contribution in [0.2, 0.25) is 0 Å². The maximum absolute atomic E-state index is 11.7. The summed E-state index contributed by atoms with van der Waals surface area (Å²) in [5.41, 5.74) is -0.593. The molecule has 2 amide bonds. The summed E-state index contributed by atoms with van der Waals surface area (Å²) in [6.07, 6.45) is 3.90. The lowest BCUT2D eigenvalue weighted by atomic mass is 9.74. The molecule has 0 bridgehead atoms. The van der Waals surface area contributed by atoms with E-state index in [-0.39, 0.29) is 6.42 Å². The summed E-state index contributed by atoms with van der Waals surface area (Å²) in [5, 5.41) is 14.6. The van der Waals surface area contributed by atoms with Gasteiger partial charge in [0.25, 0.3) is 0 Å². The number of hydrogen-bond donors (Lipinski definition) is 3. The maximum Gasteiger partial charge on any atom is 0.321 e. The van der Waals surface area contributed by atoms with E-state index in [4.69, 9.17) is 5.11 Å². The fourth-order valence-corrected chi connectivity index (χ4v) is 3.02. The molecule has 0 aliphatic heterocycles. The Morgan fingerprint density at radius 2 is 2.28 bits per heavy atom. The third kappa shape index (κ3) is 3.20. The van der Waals surface area contributed by atoms with Gasteiger partial charge in [-0.2, -0.15) is 0 Å². The summed E-state index contributed by atoms with van der Waals surface area (Å²) < 4.78 is 0.821. The van der Waals surface area contributed by atoms with Crippen molar-refractivity contribution in [3.63, 3.8) is 0 Å². The first-order valence-corrected chi connectivity index (χ1v) is 7.02. The molecule has 1 aliphatic rings. The minimum Gasteiger partial charge on any atom is -0.481 e. The van der Waals surface area contributed by atoms with E-state index in [1.807, 2.05) is 0 Å². The van der Waals surface area contributed by atoms with Crippen LogP contribution in [-0.4, -0.2) is 27.6 Å². The normalized spacial score (nSPS) is 16.7. The first kappa shape index (κ1) is 13.3. The van der Waals surface area contributed by atoms with Crippen LogP contribution in [0.4, 0.5) is 9.93 Å². The van der Waals surface area contributed by atoms with Gasteiger partial charge in [-0.1, -0.05) is 11.3 Å².